The molecule has 150 valence electrons. The molecule has 3 aromatic carbocycles. The summed E-state index contributed by atoms with van der Waals surface area (Å²) < 4.78 is 28.2. The molecule has 0 amide bonds. The highest BCUT2D eigenvalue weighted by Crippen LogP contribution is 2.35. The Bertz CT molecular complexity index is 1350. The van der Waals surface area contributed by atoms with Crippen molar-refractivity contribution in [2.45, 2.75) is 13.0 Å². The molecule has 4 rings (SSSR count). The van der Waals surface area contributed by atoms with Crippen molar-refractivity contribution >= 4 is 26.6 Å². The van der Waals surface area contributed by atoms with Gasteiger partial charge in [0.05, 0.1) is 35.1 Å². The Labute approximate surface area is 176 Å². The normalized spacial score (nSPS) is 12.4. The first-order valence-electron chi connectivity index (χ1n) is 9.53. The van der Waals surface area contributed by atoms with Crippen LogP contribution in [0.25, 0.3) is 22.0 Å². The highest BCUT2D eigenvalue weighted by atomic mass is 32.2. The minimum atomic E-state index is -3.37. The first-order valence-corrected chi connectivity index (χ1v) is 11.4. The third kappa shape index (κ3) is 3.93. The van der Waals surface area contributed by atoms with E-state index in [2.05, 4.69) is 40.6 Å². The number of sulfonamides is 1. The maximum Gasteiger partial charge on any atom is 0.229 e. The van der Waals surface area contributed by atoms with E-state index in [0.29, 0.717) is 11.3 Å². The number of nitrogens with one attached hydrogen (secondary N) is 1. The highest BCUT2D eigenvalue weighted by Gasteiger charge is 2.17. The molecule has 0 radical (unpaired) electrons. The van der Waals surface area contributed by atoms with Crippen molar-refractivity contribution in [3.8, 4) is 17.2 Å². The van der Waals surface area contributed by atoms with Crippen LogP contribution in [0.2, 0.25) is 0 Å². The van der Waals surface area contributed by atoms with Crippen LogP contribution in [0.4, 0.5) is 5.69 Å². The molecule has 1 heterocycles. The Balaban J connectivity index is 1.91. The van der Waals surface area contributed by atoms with E-state index in [1.807, 2.05) is 42.5 Å². The largest absolute Gasteiger partial charge is 0.340 e. The summed E-state index contributed by atoms with van der Waals surface area (Å²) in [5, 5.41) is 10.1. The standard InChI is InChI=1S/C24H21N3O2S/c1-17(19-6-4-3-5-7-19)27-16-23(20-10-8-18(15-25)9-11-20)22-13-12-21(14-24(22)27)26-30(2,28)29/h3-14,16-17,26H,1-2H3/t17-/m0/s1. The monoisotopic (exact) mass is 415 g/mol. The second-order valence-corrected chi connectivity index (χ2v) is 9.08. The first kappa shape index (κ1) is 19.7. The summed E-state index contributed by atoms with van der Waals surface area (Å²) in [6.45, 7) is 2.12. The van der Waals surface area contributed by atoms with Gasteiger partial charge in [0.25, 0.3) is 0 Å². The Morgan fingerprint density at radius 2 is 1.70 bits per heavy atom. The summed E-state index contributed by atoms with van der Waals surface area (Å²) in [7, 11) is -3.37. The van der Waals surface area contributed by atoms with E-state index in [1.54, 1.807) is 18.2 Å². The van der Waals surface area contributed by atoms with Crippen LogP contribution >= 0.6 is 0 Å². The molecule has 0 aliphatic heterocycles. The predicted molar refractivity (Wildman–Crippen MR) is 121 cm³/mol. The molecule has 0 spiro atoms. The number of nitrogens with zero attached hydrogens (tertiary/aromatic N) is 2. The molecule has 5 nitrogen and oxygen atoms in total. The predicted octanol–water partition coefficient (Wildman–Crippen LogP) is 5.16. The van der Waals surface area contributed by atoms with Crippen molar-refractivity contribution in [1.82, 2.24) is 4.57 Å². The van der Waals surface area contributed by atoms with Crippen molar-refractivity contribution in [2.24, 2.45) is 0 Å². The van der Waals surface area contributed by atoms with Gasteiger partial charge in [0.15, 0.2) is 0 Å². The summed E-state index contributed by atoms with van der Waals surface area (Å²) in [6.07, 6.45) is 3.24. The number of rotatable bonds is 5. The van der Waals surface area contributed by atoms with Gasteiger partial charge in [-0.15, -0.1) is 0 Å². The number of hydrogen-bond acceptors (Lipinski definition) is 3. The molecular formula is C24H21N3O2S. The molecule has 0 saturated heterocycles. The Morgan fingerprint density at radius 3 is 2.33 bits per heavy atom. The molecule has 4 aromatic rings. The second kappa shape index (κ2) is 7.69. The van der Waals surface area contributed by atoms with Crippen molar-refractivity contribution in [3.63, 3.8) is 0 Å². The number of aromatic nitrogens is 1. The summed E-state index contributed by atoms with van der Waals surface area (Å²) >= 11 is 0. The summed E-state index contributed by atoms with van der Waals surface area (Å²) in [4.78, 5) is 0. The maximum absolute atomic E-state index is 11.7. The fourth-order valence-corrected chi connectivity index (χ4v) is 4.25. The molecule has 1 N–H and O–H groups in total. The van der Waals surface area contributed by atoms with Gasteiger partial charge in [0, 0.05) is 17.1 Å². The maximum atomic E-state index is 11.7. The topological polar surface area (TPSA) is 74.9 Å². The fraction of sp³-hybridized carbons (Fsp3) is 0.125. The number of hydrogen-bond donors (Lipinski definition) is 1. The molecule has 30 heavy (non-hydrogen) atoms. The molecule has 0 aliphatic rings. The summed E-state index contributed by atoms with van der Waals surface area (Å²) in [5.41, 5.74) is 5.25. The zero-order valence-electron chi connectivity index (χ0n) is 16.7. The lowest BCUT2D eigenvalue weighted by Gasteiger charge is -2.16. The summed E-state index contributed by atoms with van der Waals surface area (Å²) in [5.74, 6) is 0. The zero-order valence-corrected chi connectivity index (χ0v) is 17.5. The Morgan fingerprint density at radius 1 is 1.00 bits per heavy atom. The number of benzene rings is 3. The van der Waals surface area contributed by atoms with Crippen LogP contribution in [-0.2, 0) is 10.0 Å². The lowest BCUT2D eigenvalue weighted by Crippen LogP contribution is -2.10. The van der Waals surface area contributed by atoms with Gasteiger partial charge < -0.3 is 4.57 Å². The van der Waals surface area contributed by atoms with E-state index in [-0.39, 0.29) is 6.04 Å². The number of anilines is 1. The molecule has 1 atom stereocenters. The molecule has 0 aliphatic carbocycles. The quantitative estimate of drug-likeness (QED) is 0.489. The number of nitriles is 1. The molecular weight excluding hydrogens is 394 g/mol. The minimum Gasteiger partial charge on any atom is -0.340 e. The van der Waals surface area contributed by atoms with E-state index >= 15 is 0 Å². The second-order valence-electron chi connectivity index (χ2n) is 7.33. The van der Waals surface area contributed by atoms with Crippen molar-refractivity contribution < 1.29 is 8.42 Å². The highest BCUT2D eigenvalue weighted by molar-refractivity contribution is 7.92. The van der Waals surface area contributed by atoms with E-state index in [0.717, 1.165) is 33.8 Å². The summed E-state index contributed by atoms with van der Waals surface area (Å²) in [6, 6.07) is 25.4. The van der Waals surface area contributed by atoms with Gasteiger partial charge in [0.2, 0.25) is 10.0 Å². The van der Waals surface area contributed by atoms with Gasteiger partial charge in [0.1, 0.15) is 0 Å². The van der Waals surface area contributed by atoms with Crippen LogP contribution in [-0.4, -0.2) is 19.2 Å². The van der Waals surface area contributed by atoms with Crippen LogP contribution in [0.5, 0.6) is 0 Å². The molecule has 1 aromatic heterocycles. The Kier molecular flexibility index (Phi) is 5.06. The van der Waals surface area contributed by atoms with E-state index < -0.39 is 10.0 Å². The van der Waals surface area contributed by atoms with Crippen LogP contribution in [0, 0.1) is 11.3 Å². The SMILES string of the molecule is C[C@@H](c1ccccc1)n1cc(-c2ccc(C#N)cc2)c2ccc(NS(C)(=O)=O)cc21. The lowest BCUT2D eigenvalue weighted by molar-refractivity contribution is 0.607. The van der Waals surface area contributed by atoms with Crippen LogP contribution in [0.15, 0.2) is 79.0 Å². The van der Waals surface area contributed by atoms with Crippen molar-refractivity contribution in [3.05, 3.63) is 90.1 Å². The van der Waals surface area contributed by atoms with Gasteiger partial charge >= 0.3 is 0 Å². The van der Waals surface area contributed by atoms with E-state index in [4.69, 9.17) is 5.26 Å². The van der Waals surface area contributed by atoms with Gasteiger partial charge in [-0.25, -0.2) is 8.42 Å². The third-order valence-electron chi connectivity index (χ3n) is 5.16. The minimum absolute atomic E-state index is 0.0503. The molecule has 0 unspecified atom stereocenters. The van der Waals surface area contributed by atoms with Crippen molar-refractivity contribution in [2.75, 3.05) is 11.0 Å². The average molecular weight is 416 g/mol. The van der Waals surface area contributed by atoms with Gasteiger partial charge in [-0.2, -0.15) is 5.26 Å². The van der Waals surface area contributed by atoms with E-state index in [9.17, 15) is 8.42 Å². The molecule has 0 fully saturated rings. The van der Waals surface area contributed by atoms with Crippen molar-refractivity contribution in [1.29, 1.82) is 5.26 Å². The van der Waals surface area contributed by atoms with Crippen LogP contribution in [0.1, 0.15) is 24.1 Å². The Hall–Kier alpha value is -3.56. The van der Waals surface area contributed by atoms with Gasteiger partial charge in [-0.05, 0) is 42.3 Å². The molecule has 0 saturated carbocycles. The average Bonchev–Trinajstić information content (AvgIpc) is 3.11. The van der Waals surface area contributed by atoms with Gasteiger partial charge in [-0.3, -0.25) is 4.72 Å². The molecule has 6 heteroatoms. The first-order chi connectivity index (χ1) is 14.4. The third-order valence-corrected chi connectivity index (χ3v) is 5.77. The molecule has 0 bridgehead atoms. The van der Waals surface area contributed by atoms with Crippen LogP contribution in [0.3, 0.4) is 0 Å². The van der Waals surface area contributed by atoms with E-state index in [1.165, 1.54) is 0 Å². The van der Waals surface area contributed by atoms with Gasteiger partial charge in [-0.1, -0.05) is 48.5 Å². The zero-order chi connectivity index (χ0) is 21.3. The lowest BCUT2D eigenvalue weighted by atomic mass is 10.0. The fourth-order valence-electron chi connectivity index (χ4n) is 3.70. The smallest absolute Gasteiger partial charge is 0.229 e. The van der Waals surface area contributed by atoms with Crippen LogP contribution < -0.4 is 4.72 Å². The number of fused-ring (bicyclic) bond motifs is 1.